The van der Waals surface area contributed by atoms with Crippen LogP contribution in [0, 0.1) is 6.92 Å². The Kier molecular flexibility index (Phi) is 3.31. The van der Waals surface area contributed by atoms with E-state index in [0.717, 1.165) is 16.2 Å². The Morgan fingerprint density at radius 1 is 1.69 bits per heavy atom. The molecule has 0 fully saturated rings. The molecule has 0 saturated carbocycles. The van der Waals surface area contributed by atoms with E-state index in [0.29, 0.717) is 0 Å². The van der Waals surface area contributed by atoms with Crippen LogP contribution in [0.3, 0.4) is 0 Å². The maximum absolute atomic E-state index is 10.6. The van der Waals surface area contributed by atoms with Crippen LogP contribution in [0.25, 0.3) is 0 Å². The van der Waals surface area contributed by atoms with Gasteiger partial charge in [-0.05, 0) is 24.3 Å². The van der Waals surface area contributed by atoms with Crippen molar-refractivity contribution in [2.45, 2.75) is 18.4 Å². The molecule has 0 unspecified atom stereocenters. The van der Waals surface area contributed by atoms with Gasteiger partial charge in [0.25, 0.3) is 0 Å². The summed E-state index contributed by atoms with van der Waals surface area (Å²) in [6.45, 7) is 1.98. The second-order valence-corrected chi connectivity index (χ2v) is 3.61. The third kappa shape index (κ3) is 2.73. The Bertz CT molecular complexity index is 325. The number of aromatic nitrogens is 1. The van der Waals surface area contributed by atoms with Crippen LogP contribution >= 0.6 is 11.8 Å². The molecule has 1 aromatic rings. The van der Waals surface area contributed by atoms with E-state index in [1.165, 1.54) is 0 Å². The minimum absolute atomic E-state index is 0.266. The fraction of sp³-hybridized carbons (Fsp3) is 0.333. The molecular formula is C9H12N2OS. The fourth-order valence-electron chi connectivity index (χ4n) is 1.13. The van der Waals surface area contributed by atoms with Crippen LogP contribution in [0.15, 0.2) is 17.3 Å². The first-order chi connectivity index (χ1) is 6.13. The number of thioether (sulfide) groups is 1. The molecule has 0 radical (unpaired) electrons. The van der Waals surface area contributed by atoms with Gasteiger partial charge in [0.05, 0.1) is 11.4 Å². The highest BCUT2D eigenvalue weighted by molar-refractivity contribution is 7.98. The van der Waals surface area contributed by atoms with Gasteiger partial charge in [-0.1, -0.05) is 6.07 Å². The van der Waals surface area contributed by atoms with Crippen LogP contribution in [0.4, 0.5) is 0 Å². The van der Waals surface area contributed by atoms with Crippen LogP contribution in [0.5, 0.6) is 0 Å². The van der Waals surface area contributed by atoms with E-state index in [-0.39, 0.29) is 12.3 Å². The molecule has 0 spiro atoms. The molecule has 1 rings (SSSR count). The zero-order chi connectivity index (χ0) is 9.84. The Hall–Kier alpha value is -1.03. The number of nitrogens with zero attached hydrogens (tertiary/aromatic N) is 1. The van der Waals surface area contributed by atoms with Crippen molar-refractivity contribution in [3.63, 3.8) is 0 Å². The Labute approximate surface area is 81.7 Å². The van der Waals surface area contributed by atoms with Crippen molar-refractivity contribution in [3.05, 3.63) is 23.4 Å². The zero-order valence-electron chi connectivity index (χ0n) is 7.70. The van der Waals surface area contributed by atoms with Crippen molar-refractivity contribution < 1.29 is 4.79 Å². The summed E-state index contributed by atoms with van der Waals surface area (Å²) in [5.41, 5.74) is 7.04. The van der Waals surface area contributed by atoms with E-state index in [1.54, 1.807) is 18.0 Å². The van der Waals surface area contributed by atoms with E-state index < -0.39 is 0 Å². The molecule has 0 aliphatic carbocycles. The number of pyridine rings is 1. The van der Waals surface area contributed by atoms with Crippen molar-refractivity contribution in [2.24, 2.45) is 5.73 Å². The van der Waals surface area contributed by atoms with Gasteiger partial charge in [-0.3, -0.25) is 4.79 Å². The molecule has 70 valence electrons. The van der Waals surface area contributed by atoms with Crippen molar-refractivity contribution in [2.75, 3.05) is 6.26 Å². The lowest BCUT2D eigenvalue weighted by Crippen LogP contribution is -2.13. The second kappa shape index (κ2) is 4.28. The predicted molar refractivity (Wildman–Crippen MR) is 53.7 cm³/mol. The summed E-state index contributed by atoms with van der Waals surface area (Å²) in [5, 5.41) is 0.994. The first-order valence-corrected chi connectivity index (χ1v) is 5.13. The zero-order valence-corrected chi connectivity index (χ0v) is 8.52. The maximum Gasteiger partial charge on any atom is 0.221 e. The Morgan fingerprint density at radius 2 is 2.38 bits per heavy atom. The second-order valence-electron chi connectivity index (χ2n) is 2.81. The Balaban J connectivity index is 2.89. The van der Waals surface area contributed by atoms with Gasteiger partial charge in [0.2, 0.25) is 5.91 Å². The highest BCUT2D eigenvalue weighted by Crippen LogP contribution is 2.17. The summed E-state index contributed by atoms with van der Waals surface area (Å²) in [7, 11) is 0. The van der Waals surface area contributed by atoms with Crippen molar-refractivity contribution in [3.8, 4) is 0 Å². The minimum atomic E-state index is -0.321. The highest BCUT2D eigenvalue weighted by Gasteiger charge is 2.02. The predicted octanol–water partition coefficient (Wildman–Crippen LogP) is 1.14. The lowest BCUT2D eigenvalue weighted by molar-refractivity contribution is -0.117. The SMILES string of the molecule is CSc1ncc(CC(N)=O)cc1C. The monoisotopic (exact) mass is 196 g/mol. The van der Waals surface area contributed by atoms with Crippen LogP contribution in [-0.4, -0.2) is 17.1 Å². The van der Waals surface area contributed by atoms with Gasteiger partial charge >= 0.3 is 0 Å². The van der Waals surface area contributed by atoms with Crippen molar-refractivity contribution in [1.29, 1.82) is 0 Å². The van der Waals surface area contributed by atoms with Crippen molar-refractivity contribution in [1.82, 2.24) is 4.98 Å². The molecule has 4 heteroatoms. The summed E-state index contributed by atoms with van der Waals surface area (Å²) >= 11 is 1.60. The smallest absolute Gasteiger partial charge is 0.221 e. The van der Waals surface area contributed by atoms with Gasteiger partial charge in [0.15, 0.2) is 0 Å². The quantitative estimate of drug-likeness (QED) is 0.737. The van der Waals surface area contributed by atoms with Gasteiger partial charge in [0.1, 0.15) is 0 Å². The summed E-state index contributed by atoms with van der Waals surface area (Å²) in [5.74, 6) is -0.321. The van der Waals surface area contributed by atoms with Gasteiger partial charge in [-0.25, -0.2) is 4.98 Å². The molecule has 0 aromatic carbocycles. The van der Waals surface area contributed by atoms with E-state index in [2.05, 4.69) is 4.98 Å². The normalized spacial score (nSPS) is 10.0. The number of hydrogen-bond donors (Lipinski definition) is 1. The first kappa shape index (κ1) is 10.1. The summed E-state index contributed by atoms with van der Waals surface area (Å²) in [6.07, 6.45) is 3.94. The number of carbonyl (C=O) groups is 1. The van der Waals surface area contributed by atoms with Gasteiger partial charge in [-0.2, -0.15) is 0 Å². The third-order valence-electron chi connectivity index (χ3n) is 1.66. The molecule has 1 aromatic heterocycles. The van der Waals surface area contributed by atoms with Crippen LogP contribution in [0.2, 0.25) is 0 Å². The number of carbonyl (C=O) groups excluding carboxylic acids is 1. The number of hydrogen-bond acceptors (Lipinski definition) is 3. The van der Waals surface area contributed by atoms with Crippen LogP contribution in [0.1, 0.15) is 11.1 Å². The molecule has 1 heterocycles. The van der Waals surface area contributed by atoms with Crippen molar-refractivity contribution >= 4 is 17.7 Å². The van der Waals surface area contributed by atoms with E-state index >= 15 is 0 Å². The maximum atomic E-state index is 10.6. The summed E-state index contributed by atoms with van der Waals surface area (Å²) < 4.78 is 0. The van der Waals surface area contributed by atoms with E-state index in [1.807, 2.05) is 19.2 Å². The van der Waals surface area contributed by atoms with Crippen LogP contribution in [-0.2, 0) is 11.2 Å². The van der Waals surface area contributed by atoms with Gasteiger partial charge in [-0.15, -0.1) is 11.8 Å². The fourth-order valence-corrected chi connectivity index (χ4v) is 1.67. The molecular weight excluding hydrogens is 184 g/mol. The molecule has 3 nitrogen and oxygen atoms in total. The van der Waals surface area contributed by atoms with Crippen LogP contribution < -0.4 is 5.73 Å². The Morgan fingerprint density at radius 3 is 2.85 bits per heavy atom. The standard InChI is InChI=1S/C9H12N2OS/c1-6-3-7(4-8(10)12)5-11-9(6)13-2/h3,5H,4H2,1-2H3,(H2,10,12). The molecule has 0 aliphatic heterocycles. The summed E-state index contributed by atoms with van der Waals surface area (Å²) in [6, 6.07) is 1.95. The molecule has 0 aliphatic rings. The molecule has 2 N–H and O–H groups in total. The number of aryl methyl sites for hydroxylation is 1. The minimum Gasteiger partial charge on any atom is -0.369 e. The topological polar surface area (TPSA) is 56.0 Å². The molecule has 1 amide bonds. The first-order valence-electron chi connectivity index (χ1n) is 3.91. The molecule has 0 saturated heterocycles. The summed E-state index contributed by atoms with van der Waals surface area (Å²) in [4.78, 5) is 14.8. The lowest BCUT2D eigenvalue weighted by atomic mass is 10.1. The van der Waals surface area contributed by atoms with Gasteiger partial charge < -0.3 is 5.73 Å². The number of rotatable bonds is 3. The number of amides is 1. The molecule has 0 bridgehead atoms. The highest BCUT2D eigenvalue weighted by atomic mass is 32.2. The van der Waals surface area contributed by atoms with Gasteiger partial charge in [0, 0.05) is 6.20 Å². The van der Waals surface area contributed by atoms with E-state index in [9.17, 15) is 4.79 Å². The average Bonchev–Trinajstić information content (AvgIpc) is 2.03. The molecule has 13 heavy (non-hydrogen) atoms. The third-order valence-corrected chi connectivity index (χ3v) is 2.47. The number of primary amides is 1. The van der Waals surface area contributed by atoms with E-state index in [4.69, 9.17) is 5.73 Å². The number of nitrogens with two attached hydrogens (primary N) is 1. The lowest BCUT2D eigenvalue weighted by Gasteiger charge is -2.03. The molecule has 0 atom stereocenters. The average molecular weight is 196 g/mol. The largest absolute Gasteiger partial charge is 0.369 e.